The Morgan fingerprint density at radius 3 is 2.45 bits per heavy atom. The third kappa shape index (κ3) is 3.74. The third-order valence-electron chi connectivity index (χ3n) is 2.64. The van der Waals surface area contributed by atoms with E-state index in [1.165, 1.54) is 6.07 Å². The molecule has 104 valence electrons. The first kappa shape index (κ1) is 15.3. The van der Waals surface area contributed by atoms with Crippen LogP contribution in [0.25, 0.3) is 0 Å². The summed E-state index contributed by atoms with van der Waals surface area (Å²) in [5.74, 6) is 0. The number of nitro groups is 1. The maximum absolute atomic E-state index is 11.0. The highest BCUT2D eigenvalue weighted by Gasteiger charge is 2.14. The number of nitro benzene ring substituents is 1. The molecule has 4 nitrogen and oxygen atoms in total. The minimum Gasteiger partial charge on any atom is -0.380 e. The molecule has 0 heterocycles. The van der Waals surface area contributed by atoms with Crippen LogP contribution >= 0.6 is 45.8 Å². The first-order valence-corrected chi connectivity index (χ1v) is 7.42. The predicted molar refractivity (Wildman–Crippen MR) is 89.6 cm³/mol. The van der Waals surface area contributed by atoms with Crippen LogP contribution in [0.4, 0.5) is 11.4 Å². The average Bonchev–Trinajstić information content (AvgIpc) is 2.38. The van der Waals surface area contributed by atoms with E-state index in [-0.39, 0.29) is 5.69 Å². The summed E-state index contributed by atoms with van der Waals surface area (Å²) in [7, 11) is 0. The summed E-state index contributed by atoms with van der Waals surface area (Å²) in [6.07, 6.45) is 0. The van der Waals surface area contributed by atoms with E-state index in [4.69, 9.17) is 23.2 Å². The van der Waals surface area contributed by atoms with Gasteiger partial charge in [0.1, 0.15) is 0 Å². The van der Waals surface area contributed by atoms with Gasteiger partial charge in [0.05, 0.1) is 4.92 Å². The SMILES string of the molecule is O=[N+]([O-])c1cc(Cl)ccc1CNc1ccc(Cl)cc1I. The van der Waals surface area contributed by atoms with E-state index >= 15 is 0 Å². The molecule has 2 rings (SSSR count). The fourth-order valence-corrected chi connectivity index (χ4v) is 2.91. The zero-order valence-corrected chi connectivity index (χ0v) is 13.7. The van der Waals surface area contributed by atoms with Crippen LogP contribution in [0.1, 0.15) is 5.56 Å². The summed E-state index contributed by atoms with van der Waals surface area (Å²) in [5.41, 5.74) is 1.46. The number of hydrogen-bond donors (Lipinski definition) is 1. The standard InChI is InChI=1S/C13H9Cl2IN2O2/c14-9-3-4-12(11(16)5-9)17-7-8-1-2-10(15)6-13(8)18(19)20/h1-6,17H,7H2. The van der Waals surface area contributed by atoms with Gasteiger partial charge in [0.25, 0.3) is 5.69 Å². The summed E-state index contributed by atoms with van der Waals surface area (Å²) in [5, 5.41) is 15.2. The van der Waals surface area contributed by atoms with Gasteiger partial charge in [-0.05, 0) is 52.9 Å². The van der Waals surface area contributed by atoms with Crippen LogP contribution in [-0.4, -0.2) is 4.92 Å². The minimum atomic E-state index is -0.435. The zero-order chi connectivity index (χ0) is 14.7. The highest BCUT2D eigenvalue weighted by Crippen LogP contribution is 2.26. The average molecular weight is 423 g/mol. The highest BCUT2D eigenvalue weighted by atomic mass is 127. The molecule has 7 heteroatoms. The number of rotatable bonds is 4. The quantitative estimate of drug-likeness (QED) is 0.422. The summed E-state index contributed by atoms with van der Waals surface area (Å²) in [6.45, 7) is 0.338. The molecular formula is C13H9Cl2IN2O2. The summed E-state index contributed by atoms with van der Waals surface area (Å²) < 4.78 is 0.951. The monoisotopic (exact) mass is 422 g/mol. The van der Waals surface area contributed by atoms with Crippen molar-refractivity contribution < 1.29 is 4.92 Å². The van der Waals surface area contributed by atoms with Gasteiger partial charge < -0.3 is 5.32 Å². The molecule has 0 aliphatic carbocycles. The van der Waals surface area contributed by atoms with E-state index < -0.39 is 4.92 Å². The number of nitrogens with one attached hydrogen (secondary N) is 1. The van der Waals surface area contributed by atoms with Gasteiger partial charge >= 0.3 is 0 Å². The van der Waals surface area contributed by atoms with Crippen LogP contribution in [0.5, 0.6) is 0 Å². The molecule has 2 aromatic carbocycles. The Hall–Kier alpha value is -1.05. The molecule has 0 amide bonds. The molecule has 0 aliphatic heterocycles. The molecule has 0 fully saturated rings. The van der Waals surface area contributed by atoms with Crippen LogP contribution in [0.3, 0.4) is 0 Å². The second kappa shape index (κ2) is 6.60. The Balaban J connectivity index is 2.20. The van der Waals surface area contributed by atoms with Gasteiger partial charge in [-0.15, -0.1) is 0 Å². The molecule has 0 aliphatic rings. The Labute approximate surface area is 139 Å². The Morgan fingerprint density at radius 2 is 1.80 bits per heavy atom. The molecule has 0 saturated carbocycles. The lowest BCUT2D eigenvalue weighted by atomic mass is 10.1. The van der Waals surface area contributed by atoms with Crippen molar-refractivity contribution in [1.29, 1.82) is 0 Å². The van der Waals surface area contributed by atoms with Crippen molar-refractivity contribution >= 4 is 57.2 Å². The molecule has 0 radical (unpaired) electrons. The van der Waals surface area contributed by atoms with Crippen molar-refractivity contribution in [2.24, 2.45) is 0 Å². The molecule has 20 heavy (non-hydrogen) atoms. The lowest BCUT2D eigenvalue weighted by Crippen LogP contribution is -2.04. The number of nitrogens with zero attached hydrogens (tertiary/aromatic N) is 1. The van der Waals surface area contributed by atoms with Crippen molar-refractivity contribution in [1.82, 2.24) is 0 Å². The number of anilines is 1. The maximum atomic E-state index is 11.0. The Morgan fingerprint density at radius 1 is 1.15 bits per heavy atom. The maximum Gasteiger partial charge on any atom is 0.275 e. The fraction of sp³-hybridized carbons (Fsp3) is 0.0769. The third-order valence-corrected chi connectivity index (χ3v) is 4.01. The van der Waals surface area contributed by atoms with Gasteiger partial charge in [0, 0.05) is 37.5 Å². The van der Waals surface area contributed by atoms with Crippen LogP contribution < -0.4 is 5.32 Å². The number of hydrogen-bond acceptors (Lipinski definition) is 3. The van der Waals surface area contributed by atoms with E-state index in [1.54, 1.807) is 18.2 Å². The molecular weight excluding hydrogens is 414 g/mol. The minimum absolute atomic E-state index is 0.00831. The Bertz CT molecular complexity index is 665. The van der Waals surface area contributed by atoms with Crippen LogP contribution in [0.15, 0.2) is 36.4 Å². The van der Waals surface area contributed by atoms with Gasteiger partial charge in [0.15, 0.2) is 0 Å². The lowest BCUT2D eigenvalue weighted by molar-refractivity contribution is -0.385. The van der Waals surface area contributed by atoms with E-state index in [0.717, 1.165) is 9.26 Å². The first-order chi connectivity index (χ1) is 9.47. The summed E-state index contributed by atoms with van der Waals surface area (Å²) in [4.78, 5) is 10.6. The van der Waals surface area contributed by atoms with E-state index in [1.807, 2.05) is 12.1 Å². The molecule has 0 unspecified atom stereocenters. The zero-order valence-electron chi connectivity index (χ0n) is 10.1. The molecule has 0 atom stereocenters. The number of benzene rings is 2. The topological polar surface area (TPSA) is 55.2 Å². The number of halogens is 3. The van der Waals surface area contributed by atoms with Gasteiger partial charge in [-0.3, -0.25) is 10.1 Å². The summed E-state index contributed by atoms with van der Waals surface area (Å²) >= 11 is 13.8. The predicted octanol–water partition coefficient (Wildman–Crippen LogP) is 5.12. The van der Waals surface area contributed by atoms with E-state index in [0.29, 0.717) is 22.2 Å². The first-order valence-electron chi connectivity index (χ1n) is 5.59. The molecule has 0 spiro atoms. The van der Waals surface area contributed by atoms with Gasteiger partial charge in [-0.2, -0.15) is 0 Å². The normalized spacial score (nSPS) is 10.3. The molecule has 0 saturated heterocycles. The van der Waals surface area contributed by atoms with Crippen molar-refractivity contribution in [3.63, 3.8) is 0 Å². The van der Waals surface area contributed by atoms with Crippen molar-refractivity contribution in [2.45, 2.75) is 6.54 Å². The van der Waals surface area contributed by atoms with Crippen LogP contribution in [0.2, 0.25) is 10.0 Å². The van der Waals surface area contributed by atoms with Crippen molar-refractivity contribution in [3.05, 3.63) is 65.7 Å². The molecule has 1 N–H and O–H groups in total. The van der Waals surface area contributed by atoms with E-state index in [9.17, 15) is 10.1 Å². The second-order valence-corrected chi connectivity index (χ2v) is 6.04. The molecule has 0 bridgehead atoms. The van der Waals surface area contributed by atoms with Crippen LogP contribution in [0, 0.1) is 13.7 Å². The second-order valence-electron chi connectivity index (χ2n) is 4.01. The van der Waals surface area contributed by atoms with Gasteiger partial charge in [0.2, 0.25) is 0 Å². The van der Waals surface area contributed by atoms with Gasteiger partial charge in [-0.1, -0.05) is 23.2 Å². The van der Waals surface area contributed by atoms with E-state index in [2.05, 4.69) is 27.9 Å². The fourth-order valence-electron chi connectivity index (χ4n) is 1.68. The Kier molecular flexibility index (Phi) is 5.06. The molecule has 0 aromatic heterocycles. The van der Waals surface area contributed by atoms with Crippen molar-refractivity contribution in [2.75, 3.05) is 5.32 Å². The lowest BCUT2D eigenvalue weighted by Gasteiger charge is -2.09. The largest absolute Gasteiger partial charge is 0.380 e. The smallest absolute Gasteiger partial charge is 0.275 e. The van der Waals surface area contributed by atoms with Crippen molar-refractivity contribution in [3.8, 4) is 0 Å². The molecule has 2 aromatic rings. The summed E-state index contributed by atoms with van der Waals surface area (Å²) in [6, 6.07) is 10.1. The van der Waals surface area contributed by atoms with Gasteiger partial charge in [-0.25, -0.2) is 0 Å². The van der Waals surface area contributed by atoms with Crippen LogP contribution in [-0.2, 0) is 6.54 Å². The highest BCUT2D eigenvalue weighted by molar-refractivity contribution is 14.1.